The lowest BCUT2D eigenvalue weighted by atomic mass is 10.0. The van der Waals surface area contributed by atoms with Crippen LogP contribution in [0, 0.1) is 0 Å². The van der Waals surface area contributed by atoms with Gasteiger partial charge in [0.1, 0.15) is 6.33 Å². The highest BCUT2D eigenvalue weighted by atomic mass is 127. The average molecular weight is 513 g/mol. The van der Waals surface area contributed by atoms with Gasteiger partial charge >= 0.3 is 0 Å². The van der Waals surface area contributed by atoms with Crippen molar-refractivity contribution in [3.05, 3.63) is 36.2 Å². The molecule has 1 aliphatic heterocycles. The number of nitrogens with one attached hydrogen (secondary N) is 3. The SMILES string of the molecule is CCNC(=NCc1cccc(-c2ncn[nH]2)c1)NCC(C)(C)N1CCOCC1.I. The van der Waals surface area contributed by atoms with E-state index < -0.39 is 0 Å². The Labute approximate surface area is 189 Å². The molecule has 0 unspecified atom stereocenters. The number of rotatable bonds is 7. The van der Waals surface area contributed by atoms with E-state index in [1.807, 2.05) is 12.1 Å². The van der Waals surface area contributed by atoms with Gasteiger partial charge in [-0.15, -0.1) is 24.0 Å². The van der Waals surface area contributed by atoms with Crippen LogP contribution < -0.4 is 10.6 Å². The summed E-state index contributed by atoms with van der Waals surface area (Å²) in [5, 5.41) is 13.7. The zero-order valence-electron chi connectivity index (χ0n) is 17.4. The Morgan fingerprint density at radius 2 is 2.07 bits per heavy atom. The fourth-order valence-corrected chi connectivity index (χ4v) is 3.25. The topological polar surface area (TPSA) is 90.5 Å². The number of hydrogen-bond donors (Lipinski definition) is 3. The van der Waals surface area contributed by atoms with Crippen molar-refractivity contribution in [2.75, 3.05) is 39.4 Å². The number of benzene rings is 1. The van der Waals surface area contributed by atoms with Crippen LogP contribution >= 0.6 is 24.0 Å². The Hall–Kier alpha value is -1.72. The number of aromatic amines is 1. The Bertz CT molecular complexity index is 758. The third-order valence-corrected chi connectivity index (χ3v) is 4.93. The van der Waals surface area contributed by atoms with Gasteiger partial charge in [0.15, 0.2) is 11.8 Å². The van der Waals surface area contributed by atoms with Gasteiger partial charge in [-0.2, -0.15) is 5.10 Å². The van der Waals surface area contributed by atoms with E-state index in [1.54, 1.807) is 0 Å². The minimum absolute atomic E-state index is 0. The van der Waals surface area contributed by atoms with Crippen LogP contribution in [0.25, 0.3) is 11.4 Å². The highest BCUT2D eigenvalue weighted by Gasteiger charge is 2.28. The van der Waals surface area contributed by atoms with Crippen LogP contribution in [0.3, 0.4) is 0 Å². The maximum atomic E-state index is 5.47. The molecule has 1 fully saturated rings. The number of guanidine groups is 1. The molecule has 0 bridgehead atoms. The second-order valence-corrected chi connectivity index (χ2v) is 7.50. The zero-order valence-corrected chi connectivity index (χ0v) is 19.8. The molecule has 0 radical (unpaired) electrons. The molecular weight excluding hydrogens is 481 g/mol. The van der Waals surface area contributed by atoms with Crippen LogP contribution in [0.5, 0.6) is 0 Å². The lowest BCUT2D eigenvalue weighted by Crippen LogP contribution is -2.56. The largest absolute Gasteiger partial charge is 0.379 e. The monoisotopic (exact) mass is 513 g/mol. The van der Waals surface area contributed by atoms with Crippen molar-refractivity contribution in [2.45, 2.75) is 32.9 Å². The number of morpholine rings is 1. The van der Waals surface area contributed by atoms with Crippen LogP contribution in [-0.2, 0) is 11.3 Å². The van der Waals surface area contributed by atoms with Crippen molar-refractivity contribution < 1.29 is 4.74 Å². The summed E-state index contributed by atoms with van der Waals surface area (Å²) in [7, 11) is 0. The van der Waals surface area contributed by atoms with Gasteiger partial charge in [-0.05, 0) is 32.4 Å². The lowest BCUT2D eigenvalue weighted by Gasteiger charge is -2.41. The molecule has 29 heavy (non-hydrogen) atoms. The summed E-state index contributed by atoms with van der Waals surface area (Å²) in [6.45, 7) is 12.4. The van der Waals surface area contributed by atoms with Crippen molar-refractivity contribution >= 4 is 29.9 Å². The number of ether oxygens (including phenoxy) is 1. The van der Waals surface area contributed by atoms with Crippen LogP contribution in [-0.4, -0.2) is 71.0 Å². The third kappa shape index (κ3) is 6.93. The molecule has 1 aromatic heterocycles. The first-order valence-electron chi connectivity index (χ1n) is 9.88. The van der Waals surface area contributed by atoms with Crippen molar-refractivity contribution in [3.63, 3.8) is 0 Å². The fraction of sp³-hybridized carbons (Fsp3) is 0.550. The molecule has 3 N–H and O–H groups in total. The molecule has 9 heteroatoms. The highest BCUT2D eigenvalue weighted by Crippen LogP contribution is 2.17. The number of halogens is 1. The molecule has 1 saturated heterocycles. The van der Waals surface area contributed by atoms with E-state index in [1.165, 1.54) is 6.33 Å². The van der Waals surface area contributed by atoms with Crippen LogP contribution in [0.15, 0.2) is 35.6 Å². The maximum Gasteiger partial charge on any atom is 0.191 e. The zero-order chi connectivity index (χ0) is 19.8. The summed E-state index contributed by atoms with van der Waals surface area (Å²) in [6, 6.07) is 8.20. The highest BCUT2D eigenvalue weighted by molar-refractivity contribution is 14.0. The van der Waals surface area contributed by atoms with E-state index in [0.717, 1.165) is 62.3 Å². The molecule has 2 heterocycles. The first kappa shape index (κ1) is 23.6. The number of aliphatic imine (C=N–C) groups is 1. The Kier molecular flexibility index (Phi) is 9.31. The predicted molar refractivity (Wildman–Crippen MR) is 127 cm³/mol. The number of nitrogens with zero attached hydrogens (tertiary/aromatic N) is 4. The Morgan fingerprint density at radius 1 is 1.28 bits per heavy atom. The average Bonchev–Trinajstić information content (AvgIpc) is 3.26. The van der Waals surface area contributed by atoms with E-state index in [0.29, 0.717) is 6.54 Å². The molecule has 0 atom stereocenters. The molecule has 0 aliphatic carbocycles. The summed E-state index contributed by atoms with van der Waals surface area (Å²) < 4.78 is 5.47. The van der Waals surface area contributed by atoms with Crippen molar-refractivity contribution in [1.29, 1.82) is 0 Å². The van der Waals surface area contributed by atoms with Crippen LogP contribution in [0.1, 0.15) is 26.3 Å². The van der Waals surface area contributed by atoms with Gasteiger partial charge in [-0.3, -0.25) is 10.00 Å². The van der Waals surface area contributed by atoms with E-state index in [9.17, 15) is 0 Å². The quantitative estimate of drug-likeness (QED) is 0.299. The maximum absolute atomic E-state index is 5.47. The minimum atomic E-state index is 0. The van der Waals surface area contributed by atoms with Gasteiger partial charge in [0.2, 0.25) is 0 Å². The van der Waals surface area contributed by atoms with Crippen LogP contribution in [0.4, 0.5) is 0 Å². The first-order chi connectivity index (χ1) is 13.6. The second kappa shape index (κ2) is 11.5. The molecule has 1 aromatic carbocycles. The van der Waals surface area contributed by atoms with Gasteiger partial charge in [-0.25, -0.2) is 9.98 Å². The molecule has 160 valence electrons. The summed E-state index contributed by atoms with van der Waals surface area (Å²) in [5.74, 6) is 1.59. The lowest BCUT2D eigenvalue weighted by molar-refractivity contribution is -0.00834. The summed E-state index contributed by atoms with van der Waals surface area (Å²) in [6.07, 6.45) is 1.52. The Morgan fingerprint density at radius 3 is 2.76 bits per heavy atom. The van der Waals surface area contributed by atoms with E-state index in [4.69, 9.17) is 9.73 Å². The molecule has 3 rings (SSSR count). The fourth-order valence-electron chi connectivity index (χ4n) is 3.25. The molecule has 0 spiro atoms. The molecule has 1 aliphatic rings. The third-order valence-electron chi connectivity index (χ3n) is 4.93. The van der Waals surface area contributed by atoms with E-state index >= 15 is 0 Å². The minimum Gasteiger partial charge on any atom is -0.379 e. The van der Waals surface area contributed by atoms with Crippen LogP contribution in [0.2, 0.25) is 0 Å². The smallest absolute Gasteiger partial charge is 0.191 e. The van der Waals surface area contributed by atoms with Gasteiger partial charge in [-0.1, -0.05) is 18.2 Å². The van der Waals surface area contributed by atoms with Crippen molar-refractivity contribution in [2.24, 2.45) is 4.99 Å². The Balaban J connectivity index is 0.00000300. The van der Waals surface area contributed by atoms with Gasteiger partial charge in [0.25, 0.3) is 0 Å². The van der Waals surface area contributed by atoms with E-state index in [2.05, 4.69) is 63.6 Å². The molecule has 0 saturated carbocycles. The molecular formula is C20H32IN7O. The number of hydrogen-bond acceptors (Lipinski definition) is 5. The van der Waals surface area contributed by atoms with Gasteiger partial charge in [0, 0.05) is 37.3 Å². The summed E-state index contributed by atoms with van der Waals surface area (Å²) >= 11 is 0. The van der Waals surface area contributed by atoms with E-state index in [-0.39, 0.29) is 29.5 Å². The van der Waals surface area contributed by atoms with Crippen molar-refractivity contribution in [1.82, 2.24) is 30.7 Å². The number of H-pyrrole nitrogens is 1. The molecule has 8 nitrogen and oxygen atoms in total. The van der Waals surface area contributed by atoms with Gasteiger partial charge < -0.3 is 15.4 Å². The second-order valence-electron chi connectivity index (χ2n) is 7.50. The first-order valence-corrected chi connectivity index (χ1v) is 9.88. The normalized spacial score (nSPS) is 15.6. The van der Waals surface area contributed by atoms with Gasteiger partial charge in [0.05, 0.1) is 19.8 Å². The summed E-state index contributed by atoms with van der Waals surface area (Å²) in [4.78, 5) is 11.4. The molecule has 2 aromatic rings. The van der Waals surface area contributed by atoms with Crippen molar-refractivity contribution in [3.8, 4) is 11.4 Å². The standard InChI is InChI=1S/C20H31N7O.HI/c1-4-21-19(23-14-20(2,3)27-8-10-28-11-9-27)22-13-16-6-5-7-17(12-16)18-24-15-25-26-18;/h5-7,12,15H,4,8-11,13-14H2,1-3H3,(H2,21,22,23)(H,24,25,26);1H. The predicted octanol–water partition coefficient (Wildman–Crippen LogP) is 2.26. The molecule has 0 amide bonds. The number of aromatic nitrogens is 3. The summed E-state index contributed by atoms with van der Waals surface area (Å²) in [5.41, 5.74) is 2.17.